The fourth-order valence-electron chi connectivity index (χ4n) is 7.62. The van der Waals surface area contributed by atoms with Crippen molar-refractivity contribution in [3.63, 3.8) is 0 Å². The van der Waals surface area contributed by atoms with E-state index in [0.717, 1.165) is 71.7 Å². The second-order valence-corrected chi connectivity index (χ2v) is 15.7. The fourth-order valence-corrected chi connectivity index (χ4v) is 9.66. The number of nitrogens with zero attached hydrogens (tertiary/aromatic N) is 4. The Kier molecular flexibility index (Phi) is 8.97. The summed E-state index contributed by atoms with van der Waals surface area (Å²) in [7, 11) is 0. The lowest BCUT2D eigenvalue weighted by atomic mass is 9.93. The van der Waals surface area contributed by atoms with E-state index >= 15 is 0 Å². The van der Waals surface area contributed by atoms with E-state index in [1.807, 2.05) is 0 Å². The largest absolute Gasteiger partial charge is 0.435 e. The predicted molar refractivity (Wildman–Crippen MR) is 195 cm³/mol. The van der Waals surface area contributed by atoms with Gasteiger partial charge in [0.05, 0.1) is 10.7 Å². The zero-order valence-corrected chi connectivity index (χ0v) is 30.9. The smallest absolute Gasteiger partial charge is 0.371 e. The van der Waals surface area contributed by atoms with Crippen LogP contribution in [0.5, 0.6) is 0 Å². The van der Waals surface area contributed by atoms with Crippen LogP contribution in [0.15, 0.2) is 68.9 Å². The lowest BCUT2D eigenvalue weighted by molar-refractivity contribution is -0.141. The summed E-state index contributed by atoms with van der Waals surface area (Å²) >= 11 is 9.18. The average molecular weight is 813 g/mol. The van der Waals surface area contributed by atoms with Gasteiger partial charge in [0.1, 0.15) is 6.17 Å². The molecular weight excluding hydrogens is 777 g/mol. The zero-order valence-electron chi connectivity index (χ0n) is 26.9. The molecule has 2 aliphatic heterocycles. The molecular formula is C37H35Br2F3N6S. The minimum absolute atomic E-state index is 0.0296. The van der Waals surface area contributed by atoms with Crippen LogP contribution in [0.2, 0.25) is 0 Å². The number of aromatic nitrogens is 3. The molecule has 2 aromatic heterocycles. The molecule has 1 fully saturated rings. The van der Waals surface area contributed by atoms with E-state index < -0.39 is 11.9 Å². The van der Waals surface area contributed by atoms with E-state index in [1.54, 1.807) is 18.3 Å². The number of benzene rings is 3. The van der Waals surface area contributed by atoms with Crippen LogP contribution in [0.3, 0.4) is 0 Å². The highest BCUT2D eigenvalue weighted by molar-refractivity contribution is 9.11. The van der Waals surface area contributed by atoms with Gasteiger partial charge < -0.3 is 4.90 Å². The van der Waals surface area contributed by atoms with Gasteiger partial charge in [0.25, 0.3) is 0 Å². The number of thiazole rings is 1. The number of alkyl halides is 3. The minimum Gasteiger partial charge on any atom is -0.371 e. The summed E-state index contributed by atoms with van der Waals surface area (Å²) in [6.45, 7) is 5.37. The standard InChI is InChI=1S/C37H35Br2F3N6S/c1-21-16-33(37(40,41)42)46-48(21)15-12-22-6-7-26-25-5-3-2-4-24(25)17-27(26)34(22)47-13-10-23(11-14-47)36-45-32(20-49-36)35-43-18-28-29(19-44-35)31(39)9-8-30(28)38/h2-9,16,20,23,35,43-44H,10-15,17-19H2,1H3. The number of hydrogen-bond donors (Lipinski definition) is 2. The Balaban J connectivity index is 1.00. The molecule has 0 amide bonds. The van der Waals surface area contributed by atoms with Gasteiger partial charge in [0.15, 0.2) is 5.69 Å². The van der Waals surface area contributed by atoms with Crippen molar-refractivity contribution in [3.8, 4) is 11.1 Å². The molecule has 4 heterocycles. The van der Waals surface area contributed by atoms with Crippen molar-refractivity contribution in [1.82, 2.24) is 25.4 Å². The molecule has 1 aliphatic carbocycles. The van der Waals surface area contributed by atoms with Crippen LogP contribution in [-0.4, -0.2) is 27.9 Å². The van der Waals surface area contributed by atoms with Gasteiger partial charge in [-0.1, -0.05) is 68.3 Å². The molecule has 3 aliphatic rings. The van der Waals surface area contributed by atoms with Gasteiger partial charge in [0.2, 0.25) is 0 Å². The van der Waals surface area contributed by atoms with Crippen LogP contribution in [-0.2, 0) is 38.7 Å². The quantitative estimate of drug-likeness (QED) is 0.176. The highest BCUT2D eigenvalue weighted by Gasteiger charge is 2.35. The summed E-state index contributed by atoms with van der Waals surface area (Å²) in [4.78, 5) is 7.68. The van der Waals surface area contributed by atoms with Crippen LogP contribution < -0.4 is 15.5 Å². The predicted octanol–water partition coefficient (Wildman–Crippen LogP) is 9.28. The minimum atomic E-state index is -4.45. The van der Waals surface area contributed by atoms with Crippen LogP contribution in [0.25, 0.3) is 11.1 Å². The maximum atomic E-state index is 13.4. The maximum Gasteiger partial charge on any atom is 0.435 e. The molecule has 5 aromatic rings. The second-order valence-electron chi connectivity index (χ2n) is 13.1. The molecule has 0 bridgehead atoms. The summed E-state index contributed by atoms with van der Waals surface area (Å²) in [6.07, 6.45) is -1.03. The highest BCUT2D eigenvalue weighted by atomic mass is 79.9. The monoisotopic (exact) mass is 810 g/mol. The van der Waals surface area contributed by atoms with Gasteiger partial charge in [-0.25, -0.2) is 4.98 Å². The van der Waals surface area contributed by atoms with Gasteiger partial charge in [-0.15, -0.1) is 11.3 Å². The molecule has 0 unspecified atom stereocenters. The van der Waals surface area contributed by atoms with Crippen molar-refractivity contribution in [3.05, 3.63) is 119 Å². The molecule has 8 rings (SSSR count). The van der Waals surface area contributed by atoms with Crippen LogP contribution in [0.1, 0.15) is 74.8 Å². The Morgan fingerprint density at radius 2 is 1.63 bits per heavy atom. The lowest BCUT2D eigenvalue weighted by Crippen LogP contribution is -2.34. The Morgan fingerprint density at radius 1 is 0.918 bits per heavy atom. The number of rotatable bonds is 6. The van der Waals surface area contributed by atoms with Crippen LogP contribution in [0, 0.1) is 6.92 Å². The molecule has 3 aromatic carbocycles. The molecule has 12 heteroatoms. The van der Waals surface area contributed by atoms with Gasteiger partial charge >= 0.3 is 6.18 Å². The first kappa shape index (κ1) is 33.1. The fraction of sp³-hybridized carbons (Fsp3) is 0.351. The van der Waals surface area contributed by atoms with Gasteiger partial charge in [-0.2, -0.15) is 18.3 Å². The van der Waals surface area contributed by atoms with Gasteiger partial charge in [0, 0.05) is 70.8 Å². The average Bonchev–Trinajstić information content (AvgIpc) is 3.78. The van der Waals surface area contributed by atoms with Crippen LogP contribution >= 0.6 is 43.2 Å². The number of nitrogens with one attached hydrogen (secondary N) is 2. The van der Waals surface area contributed by atoms with Gasteiger partial charge in [-0.3, -0.25) is 15.3 Å². The van der Waals surface area contributed by atoms with E-state index in [4.69, 9.17) is 4.98 Å². The molecule has 2 N–H and O–H groups in total. The first-order valence-electron chi connectivity index (χ1n) is 16.6. The number of hydrogen-bond acceptors (Lipinski definition) is 6. The van der Waals surface area contributed by atoms with Crippen molar-refractivity contribution in [2.24, 2.45) is 0 Å². The van der Waals surface area contributed by atoms with E-state index in [0.29, 0.717) is 24.6 Å². The van der Waals surface area contributed by atoms with Crippen molar-refractivity contribution in [1.29, 1.82) is 0 Å². The lowest BCUT2D eigenvalue weighted by Gasteiger charge is -2.36. The third-order valence-corrected chi connectivity index (χ3v) is 12.7. The second kappa shape index (κ2) is 13.3. The van der Waals surface area contributed by atoms with E-state index in [9.17, 15) is 13.2 Å². The maximum absolute atomic E-state index is 13.4. The van der Waals surface area contributed by atoms with E-state index in [2.05, 4.69) is 106 Å². The first-order valence-corrected chi connectivity index (χ1v) is 19.1. The van der Waals surface area contributed by atoms with Crippen molar-refractivity contribution < 1.29 is 13.2 Å². The SMILES string of the molecule is Cc1cc(C(F)(F)F)nn1CCc1ccc2c(c1N1CCC(c3nc(C4NCc5c(Br)ccc(Br)c5CN4)cs3)CC1)Cc1ccccc1-2. The molecule has 1 saturated heterocycles. The summed E-state index contributed by atoms with van der Waals surface area (Å²) in [5, 5.41) is 14.6. The van der Waals surface area contributed by atoms with Gasteiger partial charge in [-0.05, 0) is 83.3 Å². The number of aryl methyl sites for hydroxylation is 3. The molecule has 0 spiro atoms. The molecule has 49 heavy (non-hydrogen) atoms. The Morgan fingerprint density at radius 3 is 2.33 bits per heavy atom. The van der Waals surface area contributed by atoms with Crippen molar-refractivity contribution >= 4 is 48.9 Å². The van der Waals surface area contributed by atoms with Crippen molar-refractivity contribution in [2.75, 3.05) is 18.0 Å². The molecule has 0 radical (unpaired) electrons. The van der Waals surface area contributed by atoms with E-state index in [-0.39, 0.29) is 6.17 Å². The summed E-state index contributed by atoms with van der Waals surface area (Å²) in [6, 6.07) is 18.2. The van der Waals surface area contributed by atoms with Crippen molar-refractivity contribution in [2.45, 2.75) is 70.5 Å². The third-order valence-electron chi connectivity index (χ3n) is 10.2. The topological polar surface area (TPSA) is 58.0 Å². The third kappa shape index (κ3) is 6.39. The normalized spacial score (nSPS) is 16.8. The summed E-state index contributed by atoms with van der Waals surface area (Å²) in [5.74, 6) is 0.381. The Hall–Kier alpha value is -3.03. The molecule has 254 valence electrons. The zero-order chi connectivity index (χ0) is 33.9. The number of fused-ring (bicyclic) bond motifs is 4. The Bertz CT molecular complexity index is 2000. The van der Waals surface area contributed by atoms with Crippen LogP contribution in [0.4, 0.5) is 18.9 Å². The summed E-state index contributed by atoms with van der Waals surface area (Å²) < 4.78 is 43.8. The Labute approximate surface area is 304 Å². The highest BCUT2D eigenvalue weighted by Crippen LogP contribution is 2.45. The van der Waals surface area contributed by atoms with E-state index in [1.165, 1.54) is 48.8 Å². The number of anilines is 1. The molecule has 6 nitrogen and oxygen atoms in total. The molecule has 0 atom stereocenters. The molecule has 0 saturated carbocycles. The number of halogens is 5. The first-order chi connectivity index (χ1) is 23.6. The summed E-state index contributed by atoms with van der Waals surface area (Å²) in [5.41, 5.74) is 10.8. The number of piperidine rings is 1.